The number of carbonyl (C=O) groups is 1. The minimum atomic E-state index is -0.792. The van der Waals surface area contributed by atoms with Crippen LogP contribution in [0, 0.1) is 0 Å². The monoisotopic (exact) mass is 488 g/mol. The highest BCUT2D eigenvalue weighted by molar-refractivity contribution is 6.32. The van der Waals surface area contributed by atoms with Crippen molar-refractivity contribution in [3.05, 3.63) is 86.3 Å². The Morgan fingerprint density at radius 1 is 1.21 bits per heavy atom. The Labute approximate surface area is 200 Å². The molecule has 3 N–H and O–H groups in total. The molecule has 8 nitrogen and oxygen atoms in total. The fourth-order valence-electron chi connectivity index (χ4n) is 2.90. The molecular weight excluding hydrogens is 467 g/mol. The standard InChI is InChI=1S/C23H22Cl2N4O4/c1-14(2)32-20-9-8-18(11-19(20)25)28-23-27-12-16(5-10-21(30)33-26)22(31)29(23)13-15-3-6-17(24)7-4-15/h3-12,14H,13,26H2,1-2H3,(H,27,28)/b10-5+. The van der Waals surface area contributed by atoms with Gasteiger partial charge in [-0.05, 0) is 55.8 Å². The predicted octanol–water partition coefficient (Wildman–Crippen LogP) is 4.56. The lowest BCUT2D eigenvalue weighted by molar-refractivity contribution is -0.138. The maximum atomic E-state index is 13.2. The second kappa shape index (κ2) is 11.0. The average molecular weight is 489 g/mol. The summed E-state index contributed by atoms with van der Waals surface area (Å²) < 4.78 is 7.09. The summed E-state index contributed by atoms with van der Waals surface area (Å²) in [6.07, 6.45) is 3.67. The molecule has 2 aromatic carbocycles. The molecule has 3 rings (SSSR count). The Kier molecular flexibility index (Phi) is 8.11. The molecule has 10 heteroatoms. The first-order valence-electron chi connectivity index (χ1n) is 9.93. The van der Waals surface area contributed by atoms with E-state index >= 15 is 0 Å². The topological polar surface area (TPSA) is 108 Å². The lowest BCUT2D eigenvalue weighted by Crippen LogP contribution is -2.26. The molecule has 0 atom stereocenters. The molecule has 1 heterocycles. The van der Waals surface area contributed by atoms with Gasteiger partial charge < -0.3 is 14.9 Å². The van der Waals surface area contributed by atoms with Crippen molar-refractivity contribution in [2.75, 3.05) is 5.32 Å². The Hall–Kier alpha value is -3.33. The minimum Gasteiger partial charge on any atom is -0.489 e. The van der Waals surface area contributed by atoms with Gasteiger partial charge in [0.1, 0.15) is 5.75 Å². The Morgan fingerprint density at radius 3 is 2.58 bits per heavy atom. The van der Waals surface area contributed by atoms with E-state index in [0.717, 1.165) is 11.6 Å². The first kappa shape index (κ1) is 24.3. The summed E-state index contributed by atoms with van der Waals surface area (Å²) in [4.78, 5) is 33.0. The van der Waals surface area contributed by atoms with Crippen LogP contribution < -0.4 is 21.5 Å². The number of anilines is 2. The second-order valence-electron chi connectivity index (χ2n) is 7.26. The van der Waals surface area contributed by atoms with Crippen LogP contribution in [0.15, 0.2) is 59.5 Å². The summed E-state index contributed by atoms with van der Waals surface area (Å²) in [5.74, 6) is 4.88. The SMILES string of the molecule is CC(C)Oc1ccc(Nc2ncc(/C=C/C(=O)ON)c(=O)n2Cc2ccc(Cl)cc2)cc1Cl. The van der Waals surface area contributed by atoms with Gasteiger partial charge in [-0.25, -0.2) is 9.78 Å². The van der Waals surface area contributed by atoms with Crippen LogP contribution in [0.2, 0.25) is 10.0 Å². The molecule has 0 spiro atoms. The van der Waals surface area contributed by atoms with Crippen molar-refractivity contribution < 1.29 is 14.4 Å². The molecule has 0 radical (unpaired) electrons. The number of hydrogen-bond donors (Lipinski definition) is 2. The molecule has 0 unspecified atom stereocenters. The van der Waals surface area contributed by atoms with E-state index in [1.165, 1.54) is 16.8 Å². The highest BCUT2D eigenvalue weighted by atomic mass is 35.5. The van der Waals surface area contributed by atoms with Crippen molar-refractivity contribution in [2.45, 2.75) is 26.5 Å². The van der Waals surface area contributed by atoms with E-state index in [4.69, 9.17) is 33.8 Å². The number of rotatable bonds is 8. The number of nitrogens with zero attached hydrogens (tertiary/aromatic N) is 2. The van der Waals surface area contributed by atoms with Crippen LogP contribution in [-0.2, 0) is 16.2 Å². The van der Waals surface area contributed by atoms with Crippen molar-refractivity contribution in [3.8, 4) is 5.75 Å². The highest BCUT2D eigenvalue weighted by Gasteiger charge is 2.12. The fraction of sp³-hybridized carbons (Fsp3) is 0.174. The summed E-state index contributed by atoms with van der Waals surface area (Å²) in [6, 6.07) is 12.3. The van der Waals surface area contributed by atoms with Gasteiger partial charge in [0.05, 0.1) is 23.2 Å². The summed E-state index contributed by atoms with van der Waals surface area (Å²) in [5, 5.41) is 4.12. The molecule has 172 valence electrons. The number of aromatic nitrogens is 2. The Bertz CT molecular complexity index is 1220. The third kappa shape index (κ3) is 6.58. The number of ether oxygens (including phenoxy) is 1. The zero-order valence-corrected chi connectivity index (χ0v) is 19.4. The Morgan fingerprint density at radius 2 is 1.94 bits per heavy atom. The van der Waals surface area contributed by atoms with Crippen LogP contribution in [0.3, 0.4) is 0 Å². The van der Waals surface area contributed by atoms with Gasteiger partial charge in [0.15, 0.2) is 0 Å². The molecule has 0 bridgehead atoms. The van der Waals surface area contributed by atoms with Crippen LogP contribution in [0.4, 0.5) is 11.6 Å². The number of carbonyl (C=O) groups excluding carboxylic acids is 1. The molecule has 33 heavy (non-hydrogen) atoms. The molecule has 0 aliphatic carbocycles. The lowest BCUT2D eigenvalue weighted by atomic mass is 10.2. The maximum Gasteiger partial charge on any atom is 0.349 e. The number of benzene rings is 2. The maximum absolute atomic E-state index is 13.2. The molecule has 1 aromatic heterocycles. The molecule has 0 aliphatic heterocycles. The van der Waals surface area contributed by atoms with Gasteiger partial charge in [-0.15, -0.1) is 0 Å². The van der Waals surface area contributed by atoms with Crippen LogP contribution in [-0.4, -0.2) is 21.6 Å². The van der Waals surface area contributed by atoms with E-state index in [-0.39, 0.29) is 29.7 Å². The van der Waals surface area contributed by atoms with E-state index in [1.54, 1.807) is 30.3 Å². The van der Waals surface area contributed by atoms with Gasteiger partial charge in [-0.2, -0.15) is 5.90 Å². The van der Waals surface area contributed by atoms with E-state index in [1.807, 2.05) is 26.0 Å². The zero-order chi connectivity index (χ0) is 24.0. The van der Waals surface area contributed by atoms with Gasteiger partial charge in [-0.1, -0.05) is 35.3 Å². The smallest absolute Gasteiger partial charge is 0.349 e. The van der Waals surface area contributed by atoms with Crippen molar-refractivity contribution in [2.24, 2.45) is 5.90 Å². The molecule has 0 aliphatic rings. The van der Waals surface area contributed by atoms with Crippen molar-refractivity contribution in [1.82, 2.24) is 9.55 Å². The summed E-state index contributed by atoms with van der Waals surface area (Å²) in [5.41, 5.74) is 1.24. The Balaban J connectivity index is 1.99. The minimum absolute atomic E-state index is 0.0234. The largest absolute Gasteiger partial charge is 0.489 e. The number of nitrogens with two attached hydrogens (primary N) is 1. The molecule has 0 saturated carbocycles. The van der Waals surface area contributed by atoms with Crippen LogP contribution >= 0.6 is 23.2 Å². The molecule has 0 fully saturated rings. The third-order valence-electron chi connectivity index (χ3n) is 4.39. The first-order chi connectivity index (χ1) is 15.8. The van der Waals surface area contributed by atoms with Crippen LogP contribution in [0.25, 0.3) is 6.08 Å². The van der Waals surface area contributed by atoms with Gasteiger partial charge in [0, 0.05) is 23.0 Å². The molecular formula is C23H22Cl2N4O4. The molecule has 3 aromatic rings. The summed E-state index contributed by atoms with van der Waals surface area (Å²) >= 11 is 12.3. The van der Waals surface area contributed by atoms with Gasteiger partial charge in [0.25, 0.3) is 5.56 Å². The molecule has 0 saturated heterocycles. The normalized spacial score (nSPS) is 11.1. The first-order valence-corrected chi connectivity index (χ1v) is 10.7. The summed E-state index contributed by atoms with van der Waals surface area (Å²) in [7, 11) is 0. The van der Waals surface area contributed by atoms with Crippen LogP contribution in [0.5, 0.6) is 5.75 Å². The lowest BCUT2D eigenvalue weighted by Gasteiger charge is -2.16. The number of nitrogens with one attached hydrogen (secondary N) is 1. The molecule has 0 amide bonds. The van der Waals surface area contributed by atoms with Crippen LogP contribution in [0.1, 0.15) is 25.0 Å². The second-order valence-corrected chi connectivity index (χ2v) is 8.11. The zero-order valence-electron chi connectivity index (χ0n) is 17.9. The van der Waals surface area contributed by atoms with Gasteiger partial charge >= 0.3 is 5.97 Å². The third-order valence-corrected chi connectivity index (χ3v) is 4.94. The van der Waals surface area contributed by atoms with Gasteiger partial charge in [0.2, 0.25) is 5.95 Å². The number of hydrogen-bond acceptors (Lipinski definition) is 7. The highest BCUT2D eigenvalue weighted by Crippen LogP contribution is 2.29. The van der Waals surface area contributed by atoms with E-state index < -0.39 is 5.97 Å². The fourth-order valence-corrected chi connectivity index (χ4v) is 3.25. The van der Waals surface area contributed by atoms with E-state index in [0.29, 0.717) is 21.5 Å². The average Bonchev–Trinajstić information content (AvgIpc) is 2.78. The summed E-state index contributed by atoms with van der Waals surface area (Å²) in [6.45, 7) is 4.02. The number of halogens is 2. The quantitative estimate of drug-likeness (QED) is 0.353. The predicted molar refractivity (Wildman–Crippen MR) is 129 cm³/mol. The van der Waals surface area contributed by atoms with Crippen molar-refractivity contribution >= 4 is 46.9 Å². The van der Waals surface area contributed by atoms with Crippen molar-refractivity contribution in [1.29, 1.82) is 0 Å². The van der Waals surface area contributed by atoms with Gasteiger partial charge in [-0.3, -0.25) is 9.36 Å². The van der Waals surface area contributed by atoms with E-state index in [9.17, 15) is 9.59 Å². The van der Waals surface area contributed by atoms with Crippen molar-refractivity contribution in [3.63, 3.8) is 0 Å². The van der Waals surface area contributed by atoms with E-state index in [2.05, 4.69) is 15.1 Å².